The number of ether oxygens (including phenoxy) is 1. The summed E-state index contributed by atoms with van der Waals surface area (Å²) in [5.74, 6) is 0.365. The van der Waals surface area contributed by atoms with Crippen LogP contribution in [0.25, 0.3) is 0 Å². The molecule has 1 aromatic carbocycles. The largest absolute Gasteiger partial charge is 0.495 e. The highest BCUT2D eigenvalue weighted by molar-refractivity contribution is 5.77. The van der Waals surface area contributed by atoms with Gasteiger partial charge in [-0.1, -0.05) is 0 Å². The van der Waals surface area contributed by atoms with Gasteiger partial charge in [-0.15, -0.1) is 0 Å². The summed E-state index contributed by atoms with van der Waals surface area (Å²) in [5.41, 5.74) is 1.20. The Labute approximate surface area is 87.3 Å². The fraction of sp³-hybridized carbons (Fsp3) is 0.182. The average Bonchev–Trinajstić information content (AvgIpc) is 2.28. The molecule has 0 amide bonds. The fourth-order valence-electron chi connectivity index (χ4n) is 1.32. The molecular weight excluding hydrogens is 192 g/mol. The van der Waals surface area contributed by atoms with Crippen molar-refractivity contribution < 1.29 is 9.53 Å². The number of hydrogen-bond donors (Lipinski definition) is 0. The number of aldehydes is 1. The van der Waals surface area contributed by atoms with Crippen LogP contribution < -0.4 is 4.74 Å². The maximum absolute atomic E-state index is 10.6. The molecule has 74 valence electrons. The summed E-state index contributed by atoms with van der Waals surface area (Å²) in [5, 5.41) is 17.4. The van der Waals surface area contributed by atoms with Crippen LogP contribution in [0, 0.1) is 22.7 Å². The van der Waals surface area contributed by atoms with Crippen molar-refractivity contribution >= 4 is 6.29 Å². The van der Waals surface area contributed by atoms with Crippen LogP contribution in [-0.2, 0) is 6.42 Å². The third-order valence-electron chi connectivity index (χ3n) is 1.92. The quantitative estimate of drug-likeness (QED) is 0.692. The first-order valence-corrected chi connectivity index (χ1v) is 4.20. The second-order valence-corrected chi connectivity index (χ2v) is 2.83. The Kier molecular flexibility index (Phi) is 3.43. The zero-order valence-electron chi connectivity index (χ0n) is 8.15. The van der Waals surface area contributed by atoms with Crippen molar-refractivity contribution in [3.63, 3.8) is 0 Å². The first-order chi connectivity index (χ1) is 7.26. The van der Waals surface area contributed by atoms with Gasteiger partial charge in [0.25, 0.3) is 0 Å². The SMILES string of the molecule is COc1c(C#N)cc(C=O)cc1CC#N. The number of carbonyl (C=O) groups is 1. The molecular formula is C11H8N2O2. The van der Waals surface area contributed by atoms with Crippen molar-refractivity contribution in [2.75, 3.05) is 7.11 Å². The Morgan fingerprint density at radius 3 is 2.67 bits per heavy atom. The minimum atomic E-state index is 0.111. The van der Waals surface area contributed by atoms with Crippen LogP contribution in [-0.4, -0.2) is 13.4 Å². The highest BCUT2D eigenvalue weighted by Crippen LogP contribution is 2.25. The van der Waals surface area contributed by atoms with Crippen molar-refractivity contribution in [2.24, 2.45) is 0 Å². The normalized spacial score (nSPS) is 8.73. The second kappa shape index (κ2) is 4.78. The molecule has 0 aliphatic rings. The smallest absolute Gasteiger partial charge is 0.150 e. The van der Waals surface area contributed by atoms with Crippen LogP contribution in [0.5, 0.6) is 5.75 Å². The fourth-order valence-corrected chi connectivity index (χ4v) is 1.32. The molecule has 0 saturated heterocycles. The van der Waals surface area contributed by atoms with Gasteiger partial charge in [0, 0.05) is 11.1 Å². The molecule has 0 aliphatic carbocycles. The Hall–Kier alpha value is -2.33. The van der Waals surface area contributed by atoms with E-state index < -0.39 is 0 Å². The van der Waals surface area contributed by atoms with Gasteiger partial charge in [0.05, 0.1) is 25.2 Å². The molecule has 0 fully saturated rings. The van der Waals surface area contributed by atoms with Gasteiger partial charge >= 0.3 is 0 Å². The van der Waals surface area contributed by atoms with E-state index in [1.807, 2.05) is 12.1 Å². The summed E-state index contributed by atoms with van der Waals surface area (Å²) >= 11 is 0. The molecule has 0 bridgehead atoms. The lowest BCUT2D eigenvalue weighted by molar-refractivity contribution is 0.112. The molecule has 0 heterocycles. The molecule has 0 aliphatic heterocycles. The summed E-state index contributed by atoms with van der Waals surface area (Å²) in [7, 11) is 1.43. The summed E-state index contributed by atoms with van der Waals surface area (Å²) in [6, 6.07) is 6.87. The van der Waals surface area contributed by atoms with E-state index in [1.54, 1.807) is 6.07 Å². The number of nitriles is 2. The van der Waals surface area contributed by atoms with Crippen LogP contribution in [0.4, 0.5) is 0 Å². The van der Waals surface area contributed by atoms with Crippen LogP contribution in [0.2, 0.25) is 0 Å². The van der Waals surface area contributed by atoms with E-state index >= 15 is 0 Å². The lowest BCUT2D eigenvalue weighted by Gasteiger charge is -2.08. The molecule has 15 heavy (non-hydrogen) atoms. The van der Waals surface area contributed by atoms with Gasteiger partial charge in [-0.3, -0.25) is 4.79 Å². The number of rotatable bonds is 3. The minimum Gasteiger partial charge on any atom is -0.495 e. The van der Waals surface area contributed by atoms with Crippen molar-refractivity contribution in [1.82, 2.24) is 0 Å². The predicted octanol–water partition coefficient (Wildman–Crippen LogP) is 1.45. The summed E-state index contributed by atoms with van der Waals surface area (Å²) < 4.78 is 5.03. The Bertz CT molecular complexity index is 467. The second-order valence-electron chi connectivity index (χ2n) is 2.83. The molecule has 1 rings (SSSR count). The molecule has 0 spiro atoms. The summed E-state index contributed by atoms with van der Waals surface area (Å²) in [6.45, 7) is 0. The van der Waals surface area contributed by atoms with Crippen LogP contribution in [0.15, 0.2) is 12.1 Å². The van der Waals surface area contributed by atoms with E-state index in [2.05, 4.69) is 0 Å². The number of methoxy groups -OCH3 is 1. The van der Waals surface area contributed by atoms with Crippen molar-refractivity contribution in [3.05, 3.63) is 28.8 Å². The first-order valence-electron chi connectivity index (χ1n) is 4.20. The van der Waals surface area contributed by atoms with Crippen molar-refractivity contribution in [1.29, 1.82) is 10.5 Å². The van der Waals surface area contributed by atoms with E-state index in [4.69, 9.17) is 15.3 Å². The zero-order chi connectivity index (χ0) is 11.3. The first kappa shape index (κ1) is 10.7. The van der Waals surface area contributed by atoms with Gasteiger partial charge in [-0.05, 0) is 12.1 Å². The zero-order valence-corrected chi connectivity index (χ0v) is 8.15. The van der Waals surface area contributed by atoms with Crippen molar-refractivity contribution in [3.8, 4) is 17.9 Å². The summed E-state index contributed by atoms with van der Waals surface area (Å²) in [6.07, 6.45) is 0.751. The van der Waals surface area contributed by atoms with Gasteiger partial charge < -0.3 is 4.74 Å². The van der Waals surface area contributed by atoms with E-state index in [-0.39, 0.29) is 12.0 Å². The highest BCUT2D eigenvalue weighted by atomic mass is 16.5. The highest BCUT2D eigenvalue weighted by Gasteiger charge is 2.10. The van der Waals surface area contributed by atoms with Gasteiger partial charge in [0.2, 0.25) is 0 Å². The lowest BCUT2D eigenvalue weighted by Crippen LogP contribution is -1.97. The average molecular weight is 200 g/mol. The lowest BCUT2D eigenvalue weighted by atomic mass is 10.0. The van der Waals surface area contributed by atoms with E-state index in [1.165, 1.54) is 13.2 Å². The van der Waals surface area contributed by atoms with E-state index in [9.17, 15) is 4.79 Å². The maximum Gasteiger partial charge on any atom is 0.150 e. The monoisotopic (exact) mass is 200 g/mol. The van der Waals surface area contributed by atoms with Gasteiger partial charge in [0.1, 0.15) is 18.1 Å². The topological polar surface area (TPSA) is 73.9 Å². The molecule has 1 aromatic rings. The van der Waals surface area contributed by atoms with Gasteiger partial charge in [-0.2, -0.15) is 10.5 Å². The molecule has 0 unspecified atom stereocenters. The van der Waals surface area contributed by atoms with Crippen LogP contribution in [0.1, 0.15) is 21.5 Å². The standard InChI is InChI=1S/C11H8N2O2/c1-15-11-9(2-3-12)4-8(7-14)5-10(11)6-13/h4-5,7H,2H2,1H3. The molecule has 0 saturated carbocycles. The van der Waals surface area contributed by atoms with E-state index in [0.29, 0.717) is 23.2 Å². The molecule has 0 aromatic heterocycles. The van der Waals surface area contributed by atoms with Gasteiger partial charge in [0.15, 0.2) is 0 Å². The maximum atomic E-state index is 10.6. The van der Waals surface area contributed by atoms with E-state index in [0.717, 1.165) is 0 Å². The van der Waals surface area contributed by atoms with Crippen molar-refractivity contribution in [2.45, 2.75) is 6.42 Å². The molecule has 0 radical (unpaired) electrons. The van der Waals surface area contributed by atoms with Crippen LogP contribution >= 0.6 is 0 Å². The molecule has 4 heteroatoms. The van der Waals surface area contributed by atoms with Gasteiger partial charge in [-0.25, -0.2) is 0 Å². The minimum absolute atomic E-state index is 0.111. The third-order valence-corrected chi connectivity index (χ3v) is 1.92. The predicted molar refractivity (Wildman–Crippen MR) is 52.4 cm³/mol. The molecule has 4 nitrogen and oxygen atoms in total. The van der Waals surface area contributed by atoms with Crippen LogP contribution in [0.3, 0.4) is 0 Å². The molecule has 0 N–H and O–H groups in total. The summed E-state index contributed by atoms with van der Waals surface area (Å²) in [4.78, 5) is 10.6. The number of nitrogens with zero attached hydrogens (tertiary/aromatic N) is 2. The third kappa shape index (κ3) is 2.12. The number of benzene rings is 1. The number of hydrogen-bond acceptors (Lipinski definition) is 4. The Morgan fingerprint density at radius 2 is 2.20 bits per heavy atom. The number of carbonyl (C=O) groups excluding carboxylic acids is 1. The Morgan fingerprint density at radius 1 is 1.47 bits per heavy atom. The molecule has 0 atom stereocenters. The Balaban J connectivity index is 3.41.